The van der Waals surface area contributed by atoms with Gasteiger partial charge in [0.25, 0.3) is 10.1 Å². The molecule has 0 unspecified atom stereocenters. The number of ketones is 1. The van der Waals surface area contributed by atoms with Crippen LogP contribution in [-0.4, -0.2) is 32.0 Å². The lowest BCUT2D eigenvalue weighted by Gasteiger charge is -2.04. The van der Waals surface area contributed by atoms with Crippen molar-refractivity contribution in [2.45, 2.75) is 71.1 Å². The summed E-state index contributed by atoms with van der Waals surface area (Å²) in [5, 5.41) is 0. The minimum atomic E-state index is -3.88. The molecule has 1 saturated carbocycles. The summed E-state index contributed by atoms with van der Waals surface area (Å²) in [6.07, 6.45) is 12.6. The Balaban J connectivity index is 0.000000433. The fourth-order valence-corrected chi connectivity index (χ4v) is 3.74. The molecule has 0 radical (unpaired) electrons. The van der Waals surface area contributed by atoms with Crippen LogP contribution in [-0.2, 0) is 19.3 Å². The van der Waals surface area contributed by atoms with Crippen molar-refractivity contribution in [2.24, 2.45) is 5.92 Å². The average molecular weight is 371 g/mol. The number of hydrogen-bond donors (Lipinski definition) is 0. The standard InChI is InChI=1S/C8H17FO3S.C8H14OS/c1-2-3-4-5-6-7-8-13(10,11)12-9;1-10-6-8(9)7-4-2-3-5-7/h2-8H2,1H3;7H,2-6H2,1H3. The second-order valence-electron chi connectivity index (χ2n) is 5.97. The van der Waals surface area contributed by atoms with Gasteiger partial charge in [-0.3, -0.25) is 4.79 Å². The zero-order valence-corrected chi connectivity index (χ0v) is 16.0. The van der Waals surface area contributed by atoms with Crippen LogP contribution in [0.4, 0.5) is 4.53 Å². The molecule has 0 aliphatic heterocycles. The summed E-state index contributed by atoms with van der Waals surface area (Å²) in [6, 6.07) is 0. The number of rotatable bonds is 11. The zero-order chi connectivity index (χ0) is 17.6. The number of carbonyl (C=O) groups excluding carboxylic acids is 1. The summed E-state index contributed by atoms with van der Waals surface area (Å²) in [5.41, 5.74) is 0. The fraction of sp³-hybridized carbons (Fsp3) is 0.938. The van der Waals surface area contributed by atoms with Crippen molar-refractivity contribution in [3.8, 4) is 0 Å². The SMILES string of the molecule is CCCCCCCCS(=O)(=O)OF.CSCC(=O)C1CCCC1. The molecule has 1 fully saturated rings. The van der Waals surface area contributed by atoms with Gasteiger partial charge in [-0.25, -0.2) is 0 Å². The van der Waals surface area contributed by atoms with E-state index in [-0.39, 0.29) is 5.75 Å². The Kier molecular flexibility index (Phi) is 14.1. The number of halogens is 1. The maximum absolute atomic E-state index is 11.3. The largest absolute Gasteiger partial charge is 0.298 e. The van der Waals surface area contributed by atoms with E-state index in [0.717, 1.165) is 44.3 Å². The molecule has 0 aromatic rings. The molecule has 0 spiro atoms. The minimum Gasteiger partial charge on any atom is -0.298 e. The Labute approximate surface area is 145 Å². The highest BCUT2D eigenvalue weighted by atomic mass is 32.2. The van der Waals surface area contributed by atoms with Crippen LogP contribution in [0.15, 0.2) is 0 Å². The van der Waals surface area contributed by atoms with Crippen LogP contribution >= 0.6 is 11.8 Å². The summed E-state index contributed by atoms with van der Waals surface area (Å²) in [4.78, 5) is 11.2. The number of Topliss-reactive ketones (excluding diaryl/α,β-unsaturated/α-hetero) is 1. The number of thioether (sulfide) groups is 1. The Hall–Kier alpha value is -0.140. The lowest BCUT2D eigenvalue weighted by molar-refractivity contribution is -0.120. The Morgan fingerprint density at radius 3 is 2.22 bits per heavy atom. The molecule has 7 heteroatoms. The highest BCUT2D eigenvalue weighted by Crippen LogP contribution is 2.26. The van der Waals surface area contributed by atoms with Gasteiger partial charge in [0.2, 0.25) is 0 Å². The van der Waals surface area contributed by atoms with Crippen LogP contribution in [0.3, 0.4) is 0 Å². The molecule has 1 rings (SSSR count). The van der Waals surface area contributed by atoms with Crippen LogP contribution in [0.5, 0.6) is 0 Å². The molecular formula is C16H31FO4S2. The smallest absolute Gasteiger partial charge is 0.297 e. The maximum Gasteiger partial charge on any atom is 0.297 e. The maximum atomic E-state index is 11.3. The Morgan fingerprint density at radius 1 is 1.13 bits per heavy atom. The molecule has 0 saturated heterocycles. The highest BCUT2D eigenvalue weighted by Gasteiger charge is 2.21. The van der Waals surface area contributed by atoms with Crippen LogP contribution in [0.2, 0.25) is 0 Å². The van der Waals surface area contributed by atoms with Gasteiger partial charge in [0.1, 0.15) is 5.78 Å². The van der Waals surface area contributed by atoms with Crippen molar-refractivity contribution in [3.63, 3.8) is 0 Å². The second kappa shape index (κ2) is 14.2. The van der Waals surface area contributed by atoms with Crippen molar-refractivity contribution in [2.75, 3.05) is 17.8 Å². The number of hydrogen-bond acceptors (Lipinski definition) is 5. The molecule has 1 aliphatic carbocycles. The van der Waals surface area contributed by atoms with Crippen LogP contribution in [0, 0.1) is 5.92 Å². The molecule has 4 nitrogen and oxygen atoms in total. The predicted molar refractivity (Wildman–Crippen MR) is 94.7 cm³/mol. The second-order valence-corrected chi connectivity index (χ2v) is 8.49. The van der Waals surface area contributed by atoms with Gasteiger partial charge < -0.3 is 0 Å². The summed E-state index contributed by atoms with van der Waals surface area (Å²) >= 11 is 1.65. The van der Waals surface area contributed by atoms with Crippen molar-refractivity contribution >= 4 is 27.7 Å². The van der Waals surface area contributed by atoms with Gasteiger partial charge in [-0.1, -0.05) is 56.3 Å². The predicted octanol–water partition coefficient (Wildman–Crippen LogP) is 4.69. The van der Waals surface area contributed by atoms with E-state index in [9.17, 15) is 17.7 Å². The fourth-order valence-electron chi connectivity index (χ4n) is 2.60. The van der Waals surface area contributed by atoms with Gasteiger partial charge in [-0.2, -0.15) is 20.2 Å². The van der Waals surface area contributed by atoms with E-state index in [2.05, 4.69) is 11.3 Å². The van der Waals surface area contributed by atoms with Crippen molar-refractivity contribution < 1.29 is 22.1 Å². The molecule has 0 heterocycles. The number of unbranched alkanes of at least 4 members (excludes halogenated alkanes) is 5. The Bertz CT molecular complexity index is 393. The van der Waals surface area contributed by atoms with Crippen molar-refractivity contribution in [1.82, 2.24) is 0 Å². The van der Waals surface area contributed by atoms with E-state index in [1.165, 1.54) is 19.3 Å². The first-order chi connectivity index (χ1) is 11.0. The first-order valence-electron chi connectivity index (χ1n) is 8.51. The third-order valence-corrected chi connectivity index (χ3v) is 5.49. The van der Waals surface area contributed by atoms with E-state index in [0.29, 0.717) is 18.1 Å². The van der Waals surface area contributed by atoms with Crippen LogP contribution < -0.4 is 0 Å². The molecular weight excluding hydrogens is 339 g/mol. The molecule has 1 aliphatic rings. The monoisotopic (exact) mass is 370 g/mol. The summed E-state index contributed by atoms with van der Waals surface area (Å²) < 4.78 is 35.1. The third kappa shape index (κ3) is 12.9. The molecule has 0 aromatic heterocycles. The van der Waals surface area contributed by atoms with E-state index in [4.69, 9.17) is 0 Å². The highest BCUT2D eigenvalue weighted by molar-refractivity contribution is 7.99. The van der Waals surface area contributed by atoms with Crippen molar-refractivity contribution in [3.05, 3.63) is 0 Å². The minimum absolute atomic E-state index is 0.213. The molecule has 0 bridgehead atoms. The molecule has 138 valence electrons. The molecule has 0 amide bonds. The van der Waals surface area contributed by atoms with Crippen molar-refractivity contribution in [1.29, 1.82) is 0 Å². The topological polar surface area (TPSA) is 60.4 Å². The number of carbonyl (C=O) groups is 1. The first-order valence-corrected chi connectivity index (χ1v) is 11.5. The lowest BCUT2D eigenvalue weighted by Crippen LogP contribution is -2.12. The quantitative estimate of drug-likeness (QED) is 0.494. The average Bonchev–Trinajstić information content (AvgIpc) is 3.06. The Morgan fingerprint density at radius 2 is 1.70 bits per heavy atom. The van der Waals surface area contributed by atoms with E-state index < -0.39 is 10.1 Å². The van der Waals surface area contributed by atoms with E-state index in [1.807, 2.05) is 6.26 Å². The lowest BCUT2D eigenvalue weighted by atomic mass is 10.0. The summed E-state index contributed by atoms with van der Waals surface area (Å²) in [6.45, 7) is 2.11. The summed E-state index contributed by atoms with van der Waals surface area (Å²) in [5.74, 6) is 1.41. The van der Waals surface area contributed by atoms with Gasteiger partial charge in [0.15, 0.2) is 0 Å². The van der Waals surface area contributed by atoms with Gasteiger partial charge in [0.05, 0.1) is 11.5 Å². The normalized spacial score (nSPS) is 15.3. The van der Waals surface area contributed by atoms with Gasteiger partial charge in [0, 0.05) is 5.92 Å². The first kappa shape index (κ1) is 22.9. The zero-order valence-electron chi connectivity index (χ0n) is 14.4. The van der Waals surface area contributed by atoms with E-state index >= 15 is 0 Å². The molecule has 0 aromatic carbocycles. The van der Waals surface area contributed by atoms with Gasteiger partial charge in [-0.15, -0.1) is 0 Å². The van der Waals surface area contributed by atoms with E-state index in [1.54, 1.807) is 11.8 Å². The third-order valence-electron chi connectivity index (χ3n) is 3.94. The summed E-state index contributed by atoms with van der Waals surface area (Å²) in [7, 11) is -3.88. The molecule has 0 N–H and O–H groups in total. The van der Waals surface area contributed by atoms with Gasteiger partial charge >= 0.3 is 0 Å². The molecule has 23 heavy (non-hydrogen) atoms. The van der Waals surface area contributed by atoms with Gasteiger partial charge in [-0.05, 0) is 30.0 Å². The molecule has 0 atom stereocenters. The van der Waals surface area contributed by atoms with Crippen LogP contribution in [0.25, 0.3) is 0 Å². The van der Waals surface area contributed by atoms with Crippen LogP contribution in [0.1, 0.15) is 71.1 Å².